The van der Waals surface area contributed by atoms with Crippen LogP contribution < -0.4 is 11.2 Å². The van der Waals surface area contributed by atoms with Gasteiger partial charge in [-0.15, -0.1) is 11.3 Å². The average Bonchev–Trinajstić information content (AvgIpc) is 3.23. The summed E-state index contributed by atoms with van der Waals surface area (Å²) in [5, 5.41) is 0.398. The predicted molar refractivity (Wildman–Crippen MR) is 88.2 cm³/mol. The third-order valence-electron chi connectivity index (χ3n) is 4.36. The number of likely N-dealkylation sites (tertiary alicyclic amines) is 1. The number of carbonyl (C=O) groups is 1. The number of aromatic nitrogens is 3. The van der Waals surface area contributed by atoms with Crippen molar-refractivity contribution in [3.8, 4) is 10.8 Å². The Bertz CT molecular complexity index is 1060. The summed E-state index contributed by atoms with van der Waals surface area (Å²) < 4.78 is 6.33. The van der Waals surface area contributed by atoms with E-state index in [9.17, 15) is 14.4 Å². The van der Waals surface area contributed by atoms with Gasteiger partial charge in [0.15, 0.2) is 0 Å². The van der Waals surface area contributed by atoms with Crippen LogP contribution in [0.3, 0.4) is 0 Å². The third-order valence-corrected chi connectivity index (χ3v) is 5.55. The highest BCUT2D eigenvalue weighted by Crippen LogP contribution is 2.34. The molecule has 9 heteroatoms. The number of likely N-dealkylation sites (N-methyl/N-ethyl adjacent to an activating group) is 1. The van der Waals surface area contributed by atoms with Crippen molar-refractivity contribution in [1.82, 2.24) is 19.4 Å². The van der Waals surface area contributed by atoms with Crippen LogP contribution in [0, 0.1) is 6.92 Å². The van der Waals surface area contributed by atoms with Crippen LogP contribution >= 0.6 is 11.3 Å². The topological polar surface area (TPSA) is 101 Å². The summed E-state index contributed by atoms with van der Waals surface area (Å²) in [6, 6.07) is -0.750. The SMILES string of the molecule is Cc1c(-c2ncco2)sc2[nH]c(=O)n([C@@H]3CCN(C)C3=O)c(=O)c12. The number of amides is 1. The van der Waals surface area contributed by atoms with E-state index in [1.54, 1.807) is 14.0 Å². The average molecular weight is 346 g/mol. The Morgan fingerprint density at radius 2 is 2.17 bits per heavy atom. The fourth-order valence-corrected chi connectivity index (χ4v) is 4.22. The van der Waals surface area contributed by atoms with Gasteiger partial charge in [0.1, 0.15) is 17.1 Å². The normalized spacial score (nSPS) is 18.0. The molecule has 0 unspecified atom stereocenters. The summed E-state index contributed by atoms with van der Waals surface area (Å²) in [5.41, 5.74) is -0.332. The smallest absolute Gasteiger partial charge is 0.330 e. The maximum atomic E-state index is 12.9. The van der Waals surface area contributed by atoms with Crippen LogP contribution in [0.25, 0.3) is 21.0 Å². The van der Waals surface area contributed by atoms with E-state index in [1.807, 2.05) is 0 Å². The van der Waals surface area contributed by atoms with Crippen molar-refractivity contribution in [2.24, 2.45) is 0 Å². The zero-order valence-corrected chi connectivity index (χ0v) is 13.8. The second-order valence-electron chi connectivity index (χ2n) is 5.77. The molecular formula is C15H14N4O4S. The van der Waals surface area contributed by atoms with Crippen LogP contribution in [0.5, 0.6) is 0 Å². The molecule has 1 atom stereocenters. The Hall–Kier alpha value is -2.68. The number of thiophene rings is 1. The number of nitrogens with zero attached hydrogens (tertiary/aromatic N) is 3. The molecule has 1 fully saturated rings. The molecule has 0 bridgehead atoms. The Morgan fingerprint density at radius 1 is 1.38 bits per heavy atom. The largest absolute Gasteiger partial charge is 0.444 e. The van der Waals surface area contributed by atoms with Crippen molar-refractivity contribution in [2.75, 3.05) is 13.6 Å². The minimum Gasteiger partial charge on any atom is -0.444 e. The molecule has 24 heavy (non-hydrogen) atoms. The van der Waals surface area contributed by atoms with Crippen molar-refractivity contribution in [3.63, 3.8) is 0 Å². The first-order valence-corrected chi connectivity index (χ1v) is 8.23. The number of fused-ring (bicyclic) bond motifs is 1. The van der Waals surface area contributed by atoms with Crippen LogP contribution in [-0.4, -0.2) is 38.9 Å². The monoisotopic (exact) mass is 346 g/mol. The van der Waals surface area contributed by atoms with Gasteiger partial charge in [-0.05, 0) is 18.9 Å². The quantitative estimate of drug-likeness (QED) is 0.749. The highest BCUT2D eigenvalue weighted by Gasteiger charge is 2.33. The van der Waals surface area contributed by atoms with Crippen LogP contribution in [0.1, 0.15) is 18.0 Å². The van der Waals surface area contributed by atoms with E-state index in [0.29, 0.717) is 39.5 Å². The van der Waals surface area contributed by atoms with Crippen molar-refractivity contribution in [2.45, 2.75) is 19.4 Å². The lowest BCUT2D eigenvalue weighted by Gasteiger charge is -2.12. The van der Waals surface area contributed by atoms with Gasteiger partial charge in [0, 0.05) is 13.6 Å². The van der Waals surface area contributed by atoms with E-state index in [0.717, 1.165) is 4.57 Å². The molecule has 1 saturated heterocycles. The minimum absolute atomic E-state index is 0.220. The van der Waals surface area contributed by atoms with Gasteiger partial charge < -0.3 is 9.32 Å². The van der Waals surface area contributed by atoms with Crippen LogP contribution in [0.4, 0.5) is 0 Å². The van der Waals surface area contributed by atoms with Crippen molar-refractivity contribution in [3.05, 3.63) is 38.9 Å². The number of aryl methyl sites for hydroxylation is 1. The van der Waals surface area contributed by atoms with Crippen LogP contribution in [0.15, 0.2) is 26.5 Å². The van der Waals surface area contributed by atoms with Gasteiger partial charge in [-0.2, -0.15) is 0 Å². The molecule has 0 aromatic carbocycles. The molecular weight excluding hydrogens is 332 g/mol. The summed E-state index contributed by atoms with van der Waals surface area (Å²) in [5.74, 6) is 0.180. The minimum atomic E-state index is -0.750. The highest BCUT2D eigenvalue weighted by molar-refractivity contribution is 7.22. The molecule has 124 valence electrons. The predicted octanol–water partition coefficient (Wildman–Crippen LogP) is 1.12. The standard InChI is InChI=1S/C15H14N4O4S/c1-7-9-12(24-10(7)11-16-4-6-23-11)17-15(22)19(14(9)21)8-3-5-18(2)13(8)20/h4,6,8H,3,5H2,1-2H3,(H,17,22)/t8-/m1/s1. The van der Waals surface area contributed by atoms with Gasteiger partial charge in [0.2, 0.25) is 11.8 Å². The van der Waals surface area contributed by atoms with Gasteiger partial charge in [-0.3, -0.25) is 14.6 Å². The lowest BCUT2D eigenvalue weighted by Crippen LogP contribution is -2.40. The summed E-state index contributed by atoms with van der Waals surface area (Å²) >= 11 is 1.24. The molecule has 1 N–H and O–H groups in total. The van der Waals surface area contributed by atoms with Crippen molar-refractivity contribution >= 4 is 27.5 Å². The van der Waals surface area contributed by atoms with Gasteiger partial charge in [0.25, 0.3) is 5.56 Å². The summed E-state index contributed by atoms with van der Waals surface area (Å²) in [7, 11) is 1.66. The number of oxazole rings is 1. The third kappa shape index (κ3) is 1.97. The Kier molecular flexibility index (Phi) is 3.20. The number of nitrogens with one attached hydrogen (secondary N) is 1. The molecule has 0 aliphatic carbocycles. The lowest BCUT2D eigenvalue weighted by molar-refractivity contribution is -0.129. The summed E-state index contributed by atoms with van der Waals surface area (Å²) in [4.78, 5) is 47.0. The van der Waals surface area contributed by atoms with E-state index < -0.39 is 17.3 Å². The van der Waals surface area contributed by atoms with Gasteiger partial charge in [0.05, 0.1) is 16.5 Å². The first kappa shape index (κ1) is 14.9. The molecule has 0 radical (unpaired) electrons. The van der Waals surface area contributed by atoms with Gasteiger partial charge in [-0.25, -0.2) is 14.3 Å². The van der Waals surface area contributed by atoms with E-state index in [1.165, 1.54) is 28.7 Å². The zero-order valence-electron chi connectivity index (χ0n) is 13.0. The molecule has 1 amide bonds. The van der Waals surface area contributed by atoms with Crippen molar-refractivity contribution in [1.29, 1.82) is 0 Å². The summed E-state index contributed by atoms with van der Waals surface area (Å²) in [6.45, 7) is 2.31. The Balaban J connectivity index is 1.98. The molecule has 0 spiro atoms. The molecule has 4 rings (SSSR count). The van der Waals surface area contributed by atoms with Crippen LogP contribution in [-0.2, 0) is 4.79 Å². The molecule has 3 aromatic rings. The molecule has 4 heterocycles. The summed E-state index contributed by atoms with van der Waals surface area (Å²) in [6.07, 6.45) is 3.42. The maximum Gasteiger partial charge on any atom is 0.330 e. The number of hydrogen-bond acceptors (Lipinski definition) is 6. The zero-order chi connectivity index (χ0) is 17.0. The highest BCUT2D eigenvalue weighted by atomic mass is 32.1. The number of H-pyrrole nitrogens is 1. The molecule has 3 aromatic heterocycles. The fourth-order valence-electron chi connectivity index (χ4n) is 3.10. The molecule has 8 nitrogen and oxygen atoms in total. The Labute approximate surface area is 139 Å². The lowest BCUT2D eigenvalue weighted by atomic mass is 10.2. The number of aromatic amines is 1. The number of hydrogen-bond donors (Lipinski definition) is 1. The Morgan fingerprint density at radius 3 is 2.79 bits per heavy atom. The fraction of sp³-hybridized carbons (Fsp3) is 0.333. The maximum absolute atomic E-state index is 12.9. The number of rotatable bonds is 2. The van der Waals surface area contributed by atoms with E-state index in [-0.39, 0.29) is 5.91 Å². The van der Waals surface area contributed by atoms with Crippen LogP contribution in [0.2, 0.25) is 0 Å². The van der Waals surface area contributed by atoms with Gasteiger partial charge in [-0.1, -0.05) is 0 Å². The second kappa shape index (κ2) is 5.17. The molecule has 1 aliphatic heterocycles. The molecule has 0 saturated carbocycles. The first-order chi connectivity index (χ1) is 11.5. The first-order valence-electron chi connectivity index (χ1n) is 7.41. The van der Waals surface area contributed by atoms with Gasteiger partial charge >= 0.3 is 5.69 Å². The number of carbonyl (C=O) groups excluding carboxylic acids is 1. The second-order valence-corrected chi connectivity index (χ2v) is 6.79. The molecule has 1 aliphatic rings. The van der Waals surface area contributed by atoms with Crippen molar-refractivity contribution < 1.29 is 9.21 Å². The van der Waals surface area contributed by atoms with E-state index in [2.05, 4.69) is 9.97 Å². The van der Waals surface area contributed by atoms with E-state index in [4.69, 9.17) is 4.42 Å². The van der Waals surface area contributed by atoms with E-state index >= 15 is 0 Å².